The Morgan fingerprint density at radius 3 is 2.67 bits per heavy atom. The van der Waals surface area contributed by atoms with Crippen LogP contribution in [-0.4, -0.2) is 24.0 Å². The highest BCUT2D eigenvalue weighted by atomic mass is 79.9. The van der Waals surface area contributed by atoms with Gasteiger partial charge in [0.1, 0.15) is 5.75 Å². The first-order chi connectivity index (χ1) is 11.5. The van der Waals surface area contributed by atoms with E-state index in [1.807, 2.05) is 24.3 Å². The van der Waals surface area contributed by atoms with E-state index in [2.05, 4.69) is 15.9 Å². The summed E-state index contributed by atoms with van der Waals surface area (Å²) in [6.45, 7) is -2.33. The van der Waals surface area contributed by atoms with Gasteiger partial charge in [-0.15, -0.1) is 0 Å². The molecule has 2 aromatic rings. The Hall–Kier alpha value is -1.95. The second-order valence-corrected chi connectivity index (χ2v) is 7.39. The maximum atomic E-state index is 12.8. The number of alkyl halides is 3. The van der Waals surface area contributed by atoms with Crippen LogP contribution in [0, 0.1) is 0 Å². The largest absolute Gasteiger partial charge is 0.434 e. The van der Waals surface area contributed by atoms with E-state index >= 15 is 0 Å². The van der Waals surface area contributed by atoms with Gasteiger partial charge in [-0.2, -0.15) is 8.78 Å². The lowest BCUT2D eigenvalue weighted by Gasteiger charge is -2.31. The molecule has 1 fully saturated rings. The fourth-order valence-corrected chi connectivity index (χ4v) is 4.80. The van der Waals surface area contributed by atoms with Gasteiger partial charge >= 0.3 is 6.61 Å². The average molecular weight is 394 g/mol. The minimum atomic E-state index is -2.89. The zero-order valence-electron chi connectivity index (χ0n) is 12.6. The molecule has 2 aliphatic heterocycles. The number of rotatable bonds is 3. The Kier molecular flexibility index (Phi) is 3.60. The molecule has 1 saturated heterocycles. The number of carbonyl (C=O) groups is 1. The number of amides is 1. The number of hydrogen-bond acceptors (Lipinski definition) is 2. The number of halogens is 3. The molecule has 0 aliphatic carbocycles. The van der Waals surface area contributed by atoms with E-state index < -0.39 is 10.9 Å². The molecule has 0 saturated carbocycles. The normalized spacial score (nSPS) is 25.1. The Morgan fingerprint density at radius 1 is 1.17 bits per heavy atom. The van der Waals surface area contributed by atoms with E-state index in [0.717, 1.165) is 5.56 Å². The predicted octanol–water partition coefficient (Wildman–Crippen LogP) is 4.48. The van der Waals surface area contributed by atoms with Gasteiger partial charge in [-0.05, 0) is 24.1 Å². The second-order valence-electron chi connectivity index (χ2n) is 5.98. The molecule has 124 valence electrons. The molecule has 0 N–H and O–H groups in total. The molecule has 2 aliphatic rings. The summed E-state index contributed by atoms with van der Waals surface area (Å²) in [5, 5.41) is 0. The summed E-state index contributed by atoms with van der Waals surface area (Å²) >= 11 is 3.78. The highest BCUT2D eigenvalue weighted by Gasteiger charge is 2.55. The molecule has 6 heteroatoms. The van der Waals surface area contributed by atoms with E-state index in [0.29, 0.717) is 24.1 Å². The van der Waals surface area contributed by atoms with Crippen molar-refractivity contribution in [3.05, 3.63) is 65.2 Å². The van der Waals surface area contributed by atoms with Crippen LogP contribution in [0.5, 0.6) is 5.75 Å². The van der Waals surface area contributed by atoms with Crippen LogP contribution in [0.4, 0.5) is 8.78 Å². The Bertz CT molecular complexity index is 813. The van der Waals surface area contributed by atoms with Crippen LogP contribution in [0.1, 0.15) is 33.9 Å². The van der Waals surface area contributed by atoms with E-state index in [9.17, 15) is 13.6 Å². The summed E-state index contributed by atoms with van der Waals surface area (Å²) in [6, 6.07) is 14.0. The molecule has 0 bridgehead atoms. The SMILES string of the molecule is O=C1c2ccccc2[C@H]2N1CC[C@@]2(Br)c1ccccc1OC(F)F. The van der Waals surface area contributed by atoms with Crippen molar-refractivity contribution < 1.29 is 18.3 Å². The van der Waals surface area contributed by atoms with Crippen molar-refractivity contribution in [2.45, 2.75) is 23.4 Å². The fraction of sp³-hybridized carbons (Fsp3) is 0.278. The van der Waals surface area contributed by atoms with E-state index in [1.54, 1.807) is 23.1 Å². The monoisotopic (exact) mass is 393 g/mol. The molecule has 2 aromatic carbocycles. The zero-order chi connectivity index (χ0) is 16.9. The number of carbonyl (C=O) groups excluding carboxylic acids is 1. The van der Waals surface area contributed by atoms with Gasteiger partial charge in [-0.25, -0.2) is 0 Å². The predicted molar refractivity (Wildman–Crippen MR) is 88.5 cm³/mol. The molecule has 0 radical (unpaired) electrons. The highest BCUT2D eigenvalue weighted by Crippen LogP contribution is 2.58. The smallest absolute Gasteiger partial charge is 0.387 e. The summed E-state index contributed by atoms with van der Waals surface area (Å²) in [7, 11) is 0. The highest BCUT2D eigenvalue weighted by molar-refractivity contribution is 9.09. The number of hydrogen-bond donors (Lipinski definition) is 0. The summed E-state index contributed by atoms with van der Waals surface area (Å²) in [6.07, 6.45) is 0.626. The first kappa shape index (κ1) is 15.6. The lowest BCUT2D eigenvalue weighted by Crippen LogP contribution is -2.29. The molecule has 4 rings (SSSR count). The Balaban J connectivity index is 1.84. The third-order valence-corrected chi connectivity index (χ3v) is 6.02. The maximum Gasteiger partial charge on any atom is 0.387 e. The quantitative estimate of drug-likeness (QED) is 0.719. The lowest BCUT2D eigenvalue weighted by atomic mass is 9.86. The van der Waals surface area contributed by atoms with Gasteiger partial charge in [0.15, 0.2) is 0 Å². The van der Waals surface area contributed by atoms with Crippen molar-refractivity contribution in [2.24, 2.45) is 0 Å². The van der Waals surface area contributed by atoms with Gasteiger partial charge in [0.25, 0.3) is 5.91 Å². The Labute approximate surface area is 146 Å². The first-order valence-electron chi connectivity index (χ1n) is 7.65. The van der Waals surface area contributed by atoms with E-state index in [4.69, 9.17) is 4.74 Å². The Morgan fingerprint density at radius 2 is 1.88 bits per heavy atom. The third kappa shape index (κ3) is 2.16. The fourth-order valence-electron chi connectivity index (χ4n) is 3.80. The van der Waals surface area contributed by atoms with Crippen LogP contribution in [0.3, 0.4) is 0 Å². The molecule has 0 unspecified atom stereocenters. The van der Waals surface area contributed by atoms with Gasteiger partial charge in [0.05, 0.1) is 10.4 Å². The maximum absolute atomic E-state index is 12.8. The van der Waals surface area contributed by atoms with Crippen LogP contribution in [0.15, 0.2) is 48.5 Å². The van der Waals surface area contributed by atoms with E-state index in [-0.39, 0.29) is 17.7 Å². The van der Waals surface area contributed by atoms with Crippen LogP contribution in [-0.2, 0) is 4.32 Å². The number of ether oxygens (including phenoxy) is 1. The van der Waals surface area contributed by atoms with Crippen molar-refractivity contribution in [1.29, 1.82) is 0 Å². The van der Waals surface area contributed by atoms with Crippen LogP contribution < -0.4 is 4.74 Å². The van der Waals surface area contributed by atoms with Crippen LogP contribution in [0.2, 0.25) is 0 Å². The molecular formula is C18H14BrF2NO2. The number of nitrogens with zero attached hydrogens (tertiary/aromatic N) is 1. The summed E-state index contributed by atoms with van der Waals surface area (Å²) < 4.78 is 29.6. The topological polar surface area (TPSA) is 29.5 Å². The third-order valence-electron chi connectivity index (χ3n) is 4.76. The number of fused-ring (bicyclic) bond motifs is 3. The zero-order valence-corrected chi connectivity index (χ0v) is 14.2. The second kappa shape index (κ2) is 5.55. The molecule has 2 heterocycles. The van der Waals surface area contributed by atoms with Crippen LogP contribution >= 0.6 is 15.9 Å². The number of benzene rings is 2. The lowest BCUT2D eigenvalue weighted by molar-refractivity contribution is -0.0508. The summed E-state index contributed by atoms with van der Waals surface area (Å²) in [5.41, 5.74) is 2.24. The first-order valence-corrected chi connectivity index (χ1v) is 8.45. The average Bonchev–Trinajstić information content (AvgIpc) is 3.06. The van der Waals surface area contributed by atoms with Crippen molar-refractivity contribution in [2.75, 3.05) is 6.54 Å². The minimum absolute atomic E-state index is 0.0100. The van der Waals surface area contributed by atoms with Gasteiger partial charge < -0.3 is 9.64 Å². The van der Waals surface area contributed by atoms with Gasteiger partial charge in [-0.1, -0.05) is 52.3 Å². The standard InChI is InChI=1S/C18H14BrF2NO2/c19-18(13-7-3-4-8-14(13)24-17(20)21)9-10-22-15(18)11-5-1-2-6-12(11)16(22)23/h1-8,15,17H,9-10H2/t15-,18-/m1/s1. The van der Waals surface area contributed by atoms with Gasteiger partial charge in [-0.3, -0.25) is 4.79 Å². The summed E-state index contributed by atoms with van der Waals surface area (Å²) in [5.74, 6) is 0.132. The van der Waals surface area contributed by atoms with Crippen molar-refractivity contribution in [3.63, 3.8) is 0 Å². The van der Waals surface area contributed by atoms with Crippen molar-refractivity contribution >= 4 is 21.8 Å². The molecule has 0 aromatic heterocycles. The molecular weight excluding hydrogens is 380 g/mol. The molecule has 0 spiro atoms. The van der Waals surface area contributed by atoms with E-state index in [1.165, 1.54) is 6.07 Å². The molecule has 1 amide bonds. The molecule has 3 nitrogen and oxygen atoms in total. The van der Waals surface area contributed by atoms with Crippen LogP contribution in [0.25, 0.3) is 0 Å². The summed E-state index contributed by atoms with van der Waals surface area (Å²) in [4.78, 5) is 14.4. The number of para-hydroxylation sites is 1. The van der Waals surface area contributed by atoms with Gasteiger partial charge in [0, 0.05) is 17.7 Å². The minimum Gasteiger partial charge on any atom is -0.434 e. The molecule has 2 atom stereocenters. The van der Waals surface area contributed by atoms with Crippen molar-refractivity contribution in [3.8, 4) is 5.75 Å². The van der Waals surface area contributed by atoms with Gasteiger partial charge in [0.2, 0.25) is 0 Å². The molecule has 24 heavy (non-hydrogen) atoms. The van der Waals surface area contributed by atoms with Crippen molar-refractivity contribution in [1.82, 2.24) is 4.90 Å².